The Labute approximate surface area is 134 Å². The molecule has 0 spiro atoms. The lowest BCUT2D eigenvalue weighted by Crippen LogP contribution is -2.30. The van der Waals surface area contributed by atoms with Gasteiger partial charge < -0.3 is 10.6 Å². The summed E-state index contributed by atoms with van der Waals surface area (Å²) in [5.74, 6) is -0.105. The van der Waals surface area contributed by atoms with Gasteiger partial charge in [-0.3, -0.25) is 4.79 Å². The summed E-state index contributed by atoms with van der Waals surface area (Å²) in [7, 11) is 0. The number of hydrogen-bond acceptors (Lipinski definition) is 2. The van der Waals surface area contributed by atoms with E-state index in [4.69, 9.17) is 23.2 Å². The first-order valence-electron chi connectivity index (χ1n) is 6.59. The molecule has 0 aliphatic carbocycles. The van der Waals surface area contributed by atoms with E-state index in [1.54, 1.807) is 24.3 Å². The standard InChI is InChI=1S/C16H16Cl2N2O/c1-11(12-3-2-4-14(18)9-12)19-10-16(21)20-15-7-5-13(17)6-8-15/h2-9,11,19H,10H2,1H3,(H,20,21)/t11-/m0/s1. The molecule has 2 N–H and O–H groups in total. The maximum atomic E-state index is 11.9. The molecule has 0 saturated heterocycles. The first kappa shape index (κ1) is 15.8. The SMILES string of the molecule is C[C@H](NCC(=O)Nc1ccc(Cl)cc1)c1cccc(Cl)c1. The van der Waals surface area contributed by atoms with Crippen molar-refractivity contribution in [1.82, 2.24) is 5.32 Å². The zero-order chi connectivity index (χ0) is 15.2. The van der Waals surface area contributed by atoms with Crippen molar-refractivity contribution in [3.63, 3.8) is 0 Å². The number of amides is 1. The zero-order valence-corrected chi connectivity index (χ0v) is 13.1. The molecule has 0 radical (unpaired) electrons. The molecule has 0 aliphatic rings. The van der Waals surface area contributed by atoms with Crippen molar-refractivity contribution >= 4 is 34.8 Å². The van der Waals surface area contributed by atoms with Crippen LogP contribution in [0.15, 0.2) is 48.5 Å². The highest BCUT2D eigenvalue weighted by atomic mass is 35.5. The largest absolute Gasteiger partial charge is 0.325 e. The molecule has 0 heterocycles. The van der Waals surface area contributed by atoms with Gasteiger partial charge in [0, 0.05) is 21.8 Å². The predicted octanol–water partition coefficient (Wildman–Crippen LogP) is 4.28. The van der Waals surface area contributed by atoms with Gasteiger partial charge in [0.1, 0.15) is 0 Å². The van der Waals surface area contributed by atoms with E-state index in [1.165, 1.54) is 0 Å². The number of hydrogen-bond donors (Lipinski definition) is 2. The minimum Gasteiger partial charge on any atom is -0.325 e. The van der Waals surface area contributed by atoms with E-state index in [-0.39, 0.29) is 18.5 Å². The molecule has 5 heteroatoms. The van der Waals surface area contributed by atoms with E-state index >= 15 is 0 Å². The number of benzene rings is 2. The summed E-state index contributed by atoms with van der Waals surface area (Å²) >= 11 is 11.7. The van der Waals surface area contributed by atoms with Crippen molar-refractivity contribution in [3.8, 4) is 0 Å². The Kier molecular flexibility index (Phi) is 5.62. The molecule has 2 aromatic carbocycles. The van der Waals surface area contributed by atoms with E-state index in [9.17, 15) is 4.79 Å². The third kappa shape index (κ3) is 5.05. The van der Waals surface area contributed by atoms with Gasteiger partial charge >= 0.3 is 0 Å². The summed E-state index contributed by atoms with van der Waals surface area (Å²) in [6, 6.07) is 14.6. The Morgan fingerprint density at radius 3 is 2.48 bits per heavy atom. The Morgan fingerprint density at radius 1 is 1.10 bits per heavy atom. The molecule has 1 amide bonds. The van der Waals surface area contributed by atoms with Gasteiger partial charge in [-0.25, -0.2) is 0 Å². The van der Waals surface area contributed by atoms with Gasteiger partial charge in [0.15, 0.2) is 0 Å². The van der Waals surface area contributed by atoms with Gasteiger partial charge in [0.2, 0.25) is 5.91 Å². The van der Waals surface area contributed by atoms with E-state index in [0.717, 1.165) is 11.3 Å². The number of carbonyl (C=O) groups is 1. The van der Waals surface area contributed by atoms with Gasteiger partial charge in [-0.15, -0.1) is 0 Å². The molecule has 0 bridgehead atoms. The first-order valence-corrected chi connectivity index (χ1v) is 7.34. The van der Waals surface area contributed by atoms with Crippen LogP contribution in [0, 0.1) is 0 Å². The third-order valence-corrected chi connectivity index (χ3v) is 3.53. The Morgan fingerprint density at radius 2 is 1.81 bits per heavy atom. The summed E-state index contributed by atoms with van der Waals surface area (Å²) in [6.07, 6.45) is 0. The van der Waals surface area contributed by atoms with Crippen LogP contribution in [0.25, 0.3) is 0 Å². The quantitative estimate of drug-likeness (QED) is 0.862. The summed E-state index contributed by atoms with van der Waals surface area (Å²) < 4.78 is 0. The fourth-order valence-corrected chi connectivity index (χ4v) is 2.20. The molecule has 21 heavy (non-hydrogen) atoms. The predicted molar refractivity (Wildman–Crippen MR) is 88.0 cm³/mol. The molecular weight excluding hydrogens is 307 g/mol. The van der Waals surface area contributed by atoms with Crippen molar-refractivity contribution in [1.29, 1.82) is 0 Å². The minimum atomic E-state index is -0.105. The molecule has 0 saturated carbocycles. The molecule has 0 fully saturated rings. The molecule has 2 rings (SSSR count). The third-order valence-electron chi connectivity index (χ3n) is 3.05. The van der Waals surface area contributed by atoms with E-state index in [2.05, 4.69) is 10.6 Å². The van der Waals surface area contributed by atoms with Crippen molar-refractivity contribution in [3.05, 3.63) is 64.1 Å². The maximum Gasteiger partial charge on any atom is 0.238 e. The average molecular weight is 323 g/mol. The minimum absolute atomic E-state index is 0.0414. The normalized spacial score (nSPS) is 12.0. The second-order valence-electron chi connectivity index (χ2n) is 4.71. The van der Waals surface area contributed by atoms with Crippen LogP contribution in [-0.4, -0.2) is 12.5 Å². The fraction of sp³-hybridized carbons (Fsp3) is 0.188. The van der Waals surface area contributed by atoms with Crippen LogP contribution in [0.4, 0.5) is 5.69 Å². The van der Waals surface area contributed by atoms with E-state index in [1.807, 2.05) is 31.2 Å². The van der Waals surface area contributed by atoms with Crippen molar-refractivity contribution < 1.29 is 4.79 Å². The molecule has 110 valence electrons. The highest BCUT2D eigenvalue weighted by Crippen LogP contribution is 2.17. The number of anilines is 1. The van der Waals surface area contributed by atoms with Crippen molar-refractivity contribution in [2.45, 2.75) is 13.0 Å². The van der Waals surface area contributed by atoms with E-state index in [0.29, 0.717) is 10.0 Å². The van der Waals surface area contributed by atoms with Gasteiger partial charge in [-0.05, 0) is 48.9 Å². The second-order valence-corrected chi connectivity index (χ2v) is 5.59. The molecule has 3 nitrogen and oxygen atoms in total. The summed E-state index contributed by atoms with van der Waals surface area (Å²) in [6.45, 7) is 2.21. The Hall–Kier alpha value is -1.55. The zero-order valence-electron chi connectivity index (χ0n) is 11.6. The Bertz CT molecular complexity index is 614. The van der Waals surface area contributed by atoms with Crippen LogP contribution >= 0.6 is 23.2 Å². The lowest BCUT2D eigenvalue weighted by atomic mass is 10.1. The van der Waals surface area contributed by atoms with Gasteiger partial charge in [-0.2, -0.15) is 0 Å². The molecule has 0 aromatic heterocycles. The summed E-state index contributed by atoms with van der Waals surface area (Å²) in [5, 5.41) is 7.29. The Balaban J connectivity index is 1.84. The highest BCUT2D eigenvalue weighted by molar-refractivity contribution is 6.30. The van der Waals surface area contributed by atoms with Crippen LogP contribution in [0.5, 0.6) is 0 Å². The average Bonchev–Trinajstić information content (AvgIpc) is 2.47. The highest BCUT2D eigenvalue weighted by Gasteiger charge is 2.08. The lowest BCUT2D eigenvalue weighted by Gasteiger charge is -2.14. The van der Waals surface area contributed by atoms with Gasteiger partial charge in [0.05, 0.1) is 6.54 Å². The van der Waals surface area contributed by atoms with Gasteiger partial charge in [0.25, 0.3) is 0 Å². The number of halogens is 2. The number of nitrogens with one attached hydrogen (secondary N) is 2. The van der Waals surface area contributed by atoms with E-state index < -0.39 is 0 Å². The number of rotatable bonds is 5. The number of carbonyl (C=O) groups excluding carboxylic acids is 1. The monoisotopic (exact) mass is 322 g/mol. The van der Waals surface area contributed by atoms with Crippen molar-refractivity contribution in [2.24, 2.45) is 0 Å². The van der Waals surface area contributed by atoms with Crippen LogP contribution in [0.3, 0.4) is 0 Å². The summed E-state index contributed by atoms with van der Waals surface area (Å²) in [4.78, 5) is 11.9. The van der Waals surface area contributed by atoms with Crippen LogP contribution in [0.2, 0.25) is 10.0 Å². The maximum absolute atomic E-state index is 11.9. The van der Waals surface area contributed by atoms with Gasteiger partial charge in [-0.1, -0.05) is 35.3 Å². The smallest absolute Gasteiger partial charge is 0.238 e. The summed E-state index contributed by atoms with van der Waals surface area (Å²) in [5.41, 5.74) is 1.77. The fourth-order valence-electron chi connectivity index (χ4n) is 1.88. The molecule has 0 unspecified atom stereocenters. The molecule has 0 aliphatic heterocycles. The topological polar surface area (TPSA) is 41.1 Å². The lowest BCUT2D eigenvalue weighted by molar-refractivity contribution is -0.115. The molecule has 1 atom stereocenters. The van der Waals surface area contributed by atoms with Crippen LogP contribution < -0.4 is 10.6 Å². The van der Waals surface area contributed by atoms with Crippen molar-refractivity contribution in [2.75, 3.05) is 11.9 Å². The molecule has 2 aromatic rings. The molecular formula is C16H16Cl2N2O. The van der Waals surface area contributed by atoms with Crippen LogP contribution in [0.1, 0.15) is 18.5 Å². The second kappa shape index (κ2) is 7.46. The van der Waals surface area contributed by atoms with Crippen LogP contribution in [-0.2, 0) is 4.79 Å². The first-order chi connectivity index (χ1) is 10.0.